The van der Waals surface area contributed by atoms with Gasteiger partial charge in [-0.15, -0.1) is 0 Å². The highest BCUT2D eigenvalue weighted by atomic mass is 79.9. The predicted octanol–water partition coefficient (Wildman–Crippen LogP) is 0.764. The molecule has 1 aliphatic heterocycles. The number of hydrogen-bond donors (Lipinski definition) is 1. The number of ether oxygens (including phenoxy) is 1. The van der Waals surface area contributed by atoms with Crippen molar-refractivity contribution in [2.24, 2.45) is 16.8 Å². The SMILES string of the molecule is CCOC(=O)[C@]1(N)CC[C@@H]2ON=C(Br)[C@@H]21. The minimum atomic E-state index is -0.987. The van der Waals surface area contributed by atoms with Gasteiger partial charge in [-0.05, 0) is 35.7 Å². The third-order valence-corrected chi connectivity index (χ3v) is 3.59. The molecule has 0 amide bonds. The van der Waals surface area contributed by atoms with Gasteiger partial charge in [0.1, 0.15) is 16.3 Å². The molecule has 0 saturated heterocycles. The normalized spacial score (nSPS) is 38.2. The van der Waals surface area contributed by atoms with Gasteiger partial charge in [0.25, 0.3) is 0 Å². The third-order valence-electron chi connectivity index (χ3n) is 2.96. The first-order chi connectivity index (χ1) is 7.09. The maximum atomic E-state index is 11.8. The fourth-order valence-electron chi connectivity index (χ4n) is 2.18. The Morgan fingerprint density at radius 2 is 2.60 bits per heavy atom. The van der Waals surface area contributed by atoms with E-state index in [0.29, 0.717) is 17.6 Å². The van der Waals surface area contributed by atoms with Gasteiger partial charge >= 0.3 is 5.97 Å². The monoisotopic (exact) mass is 276 g/mol. The Hall–Kier alpha value is -0.620. The van der Waals surface area contributed by atoms with Crippen molar-refractivity contribution < 1.29 is 14.4 Å². The van der Waals surface area contributed by atoms with Crippen molar-refractivity contribution in [1.29, 1.82) is 0 Å². The van der Waals surface area contributed by atoms with Crippen LogP contribution < -0.4 is 5.73 Å². The molecular formula is C9H13BrN2O3. The van der Waals surface area contributed by atoms with Gasteiger partial charge in [-0.25, -0.2) is 0 Å². The van der Waals surface area contributed by atoms with Crippen LogP contribution in [0.3, 0.4) is 0 Å². The van der Waals surface area contributed by atoms with E-state index in [1.807, 2.05) is 0 Å². The van der Waals surface area contributed by atoms with Crippen molar-refractivity contribution in [3.05, 3.63) is 0 Å². The Morgan fingerprint density at radius 3 is 3.27 bits per heavy atom. The molecule has 5 nitrogen and oxygen atoms in total. The average Bonchev–Trinajstić information content (AvgIpc) is 2.72. The summed E-state index contributed by atoms with van der Waals surface area (Å²) in [7, 11) is 0. The maximum absolute atomic E-state index is 11.8. The van der Waals surface area contributed by atoms with E-state index >= 15 is 0 Å². The van der Waals surface area contributed by atoms with Crippen molar-refractivity contribution in [3.8, 4) is 0 Å². The van der Waals surface area contributed by atoms with Crippen LogP contribution in [0.5, 0.6) is 0 Å². The maximum Gasteiger partial charge on any atom is 0.326 e. The first-order valence-electron chi connectivity index (χ1n) is 4.95. The molecule has 1 fully saturated rings. The molecule has 0 bridgehead atoms. The number of hydrogen-bond acceptors (Lipinski definition) is 5. The molecule has 0 aromatic rings. The summed E-state index contributed by atoms with van der Waals surface area (Å²) in [6.45, 7) is 2.10. The lowest BCUT2D eigenvalue weighted by atomic mass is 9.88. The van der Waals surface area contributed by atoms with Gasteiger partial charge in [0.2, 0.25) is 0 Å². The van der Waals surface area contributed by atoms with Crippen molar-refractivity contribution >= 4 is 26.5 Å². The summed E-state index contributed by atoms with van der Waals surface area (Å²) in [5, 5.41) is 3.80. The lowest BCUT2D eigenvalue weighted by Crippen LogP contribution is -2.54. The van der Waals surface area contributed by atoms with Gasteiger partial charge < -0.3 is 15.3 Å². The number of carbonyl (C=O) groups is 1. The van der Waals surface area contributed by atoms with Gasteiger partial charge in [-0.3, -0.25) is 4.79 Å². The van der Waals surface area contributed by atoms with Crippen LogP contribution in [0.15, 0.2) is 5.16 Å². The summed E-state index contributed by atoms with van der Waals surface area (Å²) in [5.41, 5.74) is 5.11. The number of nitrogens with zero attached hydrogens (tertiary/aromatic N) is 1. The number of carbonyl (C=O) groups excluding carboxylic acids is 1. The van der Waals surface area contributed by atoms with Crippen molar-refractivity contribution in [2.45, 2.75) is 31.4 Å². The zero-order valence-corrected chi connectivity index (χ0v) is 9.99. The van der Waals surface area contributed by atoms with Crippen molar-refractivity contribution in [2.75, 3.05) is 6.61 Å². The second-order valence-corrected chi connectivity index (χ2v) is 4.65. The standard InChI is InChI=1S/C9H13BrN2O3/c1-2-14-8(13)9(11)4-3-5-6(9)7(10)12-15-5/h5-6H,2-4,11H2,1H3/t5-,6+,9-/m0/s1. The predicted molar refractivity (Wildman–Crippen MR) is 57.5 cm³/mol. The topological polar surface area (TPSA) is 73.9 Å². The number of halogens is 1. The summed E-state index contributed by atoms with van der Waals surface area (Å²) >= 11 is 3.28. The molecular weight excluding hydrogens is 264 g/mol. The second kappa shape index (κ2) is 3.75. The van der Waals surface area contributed by atoms with Gasteiger partial charge in [0.05, 0.1) is 12.5 Å². The molecule has 15 heavy (non-hydrogen) atoms. The summed E-state index contributed by atoms with van der Waals surface area (Å²) in [6.07, 6.45) is 1.22. The molecule has 1 heterocycles. The summed E-state index contributed by atoms with van der Waals surface area (Å²) in [4.78, 5) is 16.9. The van der Waals surface area contributed by atoms with E-state index in [0.717, 1.165) is 6.42 Å². The molecule has 0 unspecified atom stereocenters. The second-order valence-electron chi connectivity index (χ2n) is 3.84. The van der Waals surface area contributed by atoms with Crippen LogP contribution in [-0.2, 0) is 14.4 Å². The van der Waals surface area contributed by atoms with Crippen LogP contribution in [0.4, 0.5) is 0 Å². The highest BCUT2D eigenvalue weighted by molar-refractivity contribution is 9.18. The minimum Gasteiger partial charge on any atom is -0.465 e. The van der Waals surface area contributed by atoms with E-state index in [-0.39, 0.29) is 18.0 Å². The molecule has 0 spiro atoms. The largest absolute Gasteiger partial charge is 0.465 e. The number of rotatable bonds is 2. The average molecular weight is 277 g/mol. The number of oxime groups is 1. The van der Waals surface area contributed by atoms with E-state index in [1.54, 1.807) is 6.92 Å². The third kappa shape index (κ3) is 1.56. The quantitative estimate of drug-likeness (QED) is 0.756. The number of nitrogens with two attached hydrogens (primary N) is 1. The first kappa shape index (κ1) is 10.9. The van der Waals surface area contributed by atoms with Gasteiger partial charge in [-0.2, -0.15) is 0 Å². The highest BCUT2D eigenvalue weighted by Gasteiger charge is 2.57. The van der Waals surface area contributed by atoms with E-state index in [2.05, 4.69) is 21.1 Å². The highest BCUT2D eigenvalue weighted by Crippen LogP contribution is 2.42. The number of esters is 1. The lowest BCUT2D eigenvalue weighted by molar-refractivity contribution is -0.150. The van der Waals surface area contributed by atoms with Crippen LogP contribution >= 0.6 is 15.9 Å². The Morgan fingerprint density at radius 1 is 1.87 bits per heavy atom. The molecule has 0 radical (unpaired) electrons. The minimum absolute atomic E-state index is 0.0891. The van der Waals surface area contributed by atoms with Gasteiger partial charge in [0.15, 0.2) is 0 Å². The van der Waals surface area contributed by atoms with E-state index in [9.17, 15) is 4.79 Å². The van der Waals surface area contributed by atoms with Crippen LogP contribution in [-0.4, -0.2) is 28.8 Å². The molecule has 0 aromatic heterocycles. The summed E-state index contributed by atoms with van der Waals surface area (Å²) in [5.74, 6) is -0.563. The van der Waals surface area contributed by atoms with Crippen molar-refractivity contribution in [1.82, 2.24) is 0 Å². The Kier molecular flexibility index (Phi) is 2.72. The number of fused-ring (bicyclic) bond motifs is 1. The molecule has 2 rings (SSSR count). The zero-order chi connectivity index (χ0) is 11.1. The van der Waals surface area contributed by atoms with Crippen LogP contribution in [0.2, 0.25) is 0 Å². The smallest absolute Gasteiger partial charge is 0.326 e. The lowest BCUT2D eigenvalue weighted by Gasteiger charge is -2.26. The van der Waals surface area contributed by atoms with Crippen molar-refractivity contribution in [3.63, 3.8) is 0 Å². The summed E-state index contributed by atoms with van der Waals surface area (Å²) in [6, 6.07) is 0. The molecule has 0 aromatic carbocycles. The summed E-state index contributed by atoms with van der Waals surface area (Å²) < 4.78 is 5.60. The Labute approximate surface area is 96.1 Å². The Bertz CT molecular complexity index is 320. The fourth-order valence-corrected chi connectivity index (χ4v) is 2.97. The van der Waals surface area contributed by atoms with Crippen LogP contribution in [0.25, 0.3) is 0 Å². The molecule has 1 aliphatic carbocycles. The molecule has 2 N–H and O–H groups in total. The van der Waals surface area contributed by atoms with Crippen LogP contribution in [0, 0.1) is 5.92 Å². The molecule has 2 aliphatic rings. The van der Waals surface area contributed by atoms with E-state index < -0.39 is 5.54 Å². The Balaban J connectivity index is 2.21. The van der Waals surface area contributed by atoms with E-state index in [4.69, 9.17) is 15.3 Å². The van der Waals surface area contributed by atoms with E-state index in [1.165, 1.54) is 0 Å². The molecule has 84 valence electrons. The van der Waals surface area contributed by atoms with Crippen LogP contribution in [0.1, 0.15) is 19.8 Å². The molecule has 3 atom stereocenters. The molecule has 6 heteroatoms. The van der Waals surface area contributed by atoms with Gasteiger partial charge in [-0.1, -0.05) is 5.16 Å². The molecule has 1 saturated carbocycles. The first-order valence-corrected chi connectivity index (χ1v) is 5.74. The van der Waals surface area contributed by atoms with Gasteiger partial charge in [0, 0.05) is 0 Å². The fraction of sp³-hybridized carbons (Fsp3) is 0.778. The zero-order valence-electron chi connectivity index (χ0n) is 8.40.